The lowest BCUT2D eigenvalue weighted by atomic mass is 10.0. The summed E-state index contributed by atoms with van der Waals surface area (Å²) in [6, 6.07) is 5.78. The van der Waals surface area contributed by atoms with E-state index in [4.69, 9.17) is 15.2 Å². The molecule has 0 saturated carbocycles. The summed E-state index contributed by atoms with van der Waals surface area (Å²) >= 11 is 0. The van der Waals surface area contributed by atoms with Crippen LogP contribution in [0.25, 0.3) is 0 Å². The molecule has 0 bridgehead atoms. The summed E-state index contributed by atoms with van der Waals surface area (Å²) in [6.45, 7) is 4.75. The molecular weight excluding hydrogens is 268 g/mol. The summed E-state index contributed by atoms with van der Waals surface area (Å²) in [7, 11) is 1.58. The van der Waals surface area contributed by atoms with Crippen LogP contribution in [0.2, 0.25) is 0 Å². The first kappa shape index (κ1) is 17.3. The van der Waals surface area contributed by atoms with E-state index in [0.717, 1.165) is 24.2 Å². The molecule has 1 aromatic rings. The van der Waals surface area contributed by atoms with Gasteiger partial charge in [0.25, 0.3) is 5.91 Å². The Labute approximate surface area is 126 Å². The molecule has 5 nitrogen and oxygen atoms in total. The van der Waals surface area contributed by atoms with Gasteiger partial charge in [0.05, 0.1) is 6.61 Å². The van der Waals surface area contributed by atoms with Crippen molar-refractivity contribution in [3.05, 3.63) is 23.8 Å². The number of nitrogens with two attached hydrogens (primary N) is 1. The van der Waals surface area contributed by atoms with E-state index in [1.54, 1.807) is 7.05 Å². The summed E-state index contributed by atoms with van der Waals surface area (Å²) in [5.74, 6) is 1.24. The lowest BCUT2D eigenvalue weighted by Gasteiger charge is -2.15. The maximum absolute atomic E-state index is 11.3. The van der Waals surface area contributed by atoms with E-state index < -0.39 is 0 Å². The van der Waals surface area contributed by atoms with Gasteiger partial charge in [-0.05, 0) is 30.9 Å². The number of nitrogens with one attached hydrogen (secondary N) is 1. The Bertz CT molecular complexity index is 449. The van der Waals surface area contributed by atoms with Crippen LogP contribution in [0.3, 0.4) is 0 Å². The fraction of sp³-hybridized carbons (Fsp3) is 0.562. The van der Waals surface area contributed by atoms with Crippen LogP contribution in [0.5, 0.6) is 11.5 Å². The molecule has 1 atom stereocenters. The highest BCUT2D eigenvalue weighted by Gasteiger charge is 2.11. The molecular formula is C16H26N2O3. The zero-order valence-corrected chi connectivity index (χ0v) is 13.1. The van der Waals surface area contributed by atoms with Gasteiger partial charge in [-0.25, -0.2) is 0 Å². The van der Waals surface area contributed by atoms with Gasteiger partial charge in [-0.15, -0.1) is 0 Å². The van der Waals surface area contributed by atoms with E-state index in [0.29, 0.717) is 18.8 Å². The number of likely N-dealkylation sites (N-methyl/N-ethyl adjacent to an activating group) is 1. The van der Waals surface area contributed by atoms with Crippen LogP contribution in [0.4, 0.5) is 0 Å². The Morgan fingerprint density at radius 2 is 2.10 bits per heavy atom. The van der Waals surface area contributed by atoms with Gasteiger partial charge in [0, 0.05) is 19.2 Å². The lowest BCUT2D eigenvalue weighted by Crippen LogP contribution is -2.26. The Kier molecular flexibility index (Phi) is 7.61. The number of amides is 1. The van der Waals surface area contributed by atoms with Crippen LogP contribution in [-0.4, -0.2) is 32.2 Å². The van der Waals surface area contributed by atoms with Crippen LogP contribution in [-0.2, 0) is 11.2 Å². The second-order valence-corrected chi connectivity index (χ2v) is 4.95. The first-order chi connectivity index (χ1) is 10.1. The van der Waals surface area contributed by atoms with Crippen molar-refractivity contribution in [2.75, 3.05) is 20.3 Å². The molecule has 0 aliphatic carbocycles. The van der Waals surface area contributed by atoms with Crippen molar-refractivity contribution in [1.82, 2.24) is 5.32 Å². The average molecular weight is 294 g/mol. The van der Waals surface area contributed by atoms with Crippen LogP contribution in [0.15, 0.2) is 18.2 Å². The lowest BCUT2D eigenvalue weighted by molar-refractivity contribution is -0.122. The predicted molar refractivity (Wildman–Crippen MR) is 83.8 cm³/mol. The summed E-state index contributed by atoms with van der Waals surface area (Å²) in [4.78, 5) is 11.3. The molecule has 0 fully saturated rings. The topological polar surface area (TPSA) is 73.6 Å². The van der Waals surface area contributed by atoms with Gasteiger partial charge >= 0.3 is 0 Å². The van der Waals surface area contributed by atoms with E-state index in [1.165, 1.54) is 0 Å². The molecule has 21 heavy (non-hydrogen) atoms. The minimum absolute atomic E-state index is 0.0118. The fourth-order valence-electron chi connectivity index (χ4n) is 1.79. The van der Waals surface area contributed by atoms with Crippen molar-refractivity contribution in [1.29, 1.82) is 0 Å². The van der Waals surface area contributed by atoms with Crippen LogP contribution in [0, 0.1) is 0 Å². The number of hydrogen-bond donors (Lipinski definition) is 2. The number of carbonyl (C=O) groups excluding carboxylic acids is 1. The molecule has 0 radical (unpaired) electrons. The van der Waals surface area contributed by atoms with Gasteiger partial charge in [0.15, 0.2) is 6.61 Å². The molecule has 118 valence electrons. The maximum atomic E-state index is 11.3. The van der Waals surface area contributed by atoms with E-state index in [2.05, 4.69) is 19.2 Å². The van der Waals surface area contributed by atoms with Crippen LogP contribution < -0.4 is 20.5 Å². The van der Waals surface area contributed by atoms with Crippen molar-refractivity contribution < 1.29 is 14.3 Å². The molecule has 1 rings (SSSR count). The summed E-state index contributed by atoms with van der Waals surface area (Å²) in [6.07, 6.45) is 2.55. The van der Waals surface area contributed by atoms with Crippen molar-refractivity contribution >= 4 is 5.91 Å². The van der Waals surface area contributed by atoms with Gasteiger partial charge in [-0.2, -0.15) is 0 Å². The van der Waals surface area contributed by atoms with Gasteiger partial charge in [-0.1, -0.05) is 19.9 Å². The SMILES string of the molecule is CCCOc1ccc(CC(N)CC)c(OCC(=O)NC)c1. The zero-order chi connectivity index (χ0) is 15.7. The van der Waals surface area contributed by atoms with E-state index >= 15 is 0 Å². The Balaban J connectivity index is 2.86. The first-order valence-electron chi connectivity index (χ1n) is 7.45. The normalized spacial score (nSPS) is 11.8. The van der Waals surface area contributed by atoms with Crippen LogP contribution >= 0.6 is 0 Å². The number of benzene rings is 1. The maximum Gasteiger partial charge on any atom is 0.257 e. The molecule has 1 unspecified atom stereocenters. The molecule has 1 aromatic carbocycles. The molecule has 0 aliphatic heterocycles. The minimum atomic E-state index is -0.166. The highest BCUT2D eigenvalue weighted by atomic mass is 16.5. The third-order valence-corrected chi connectivity index (χ3v) is 3.16. The number of hydrogen-bond acceptors (Lipinski definition) is 4. The number of ether oxygens (including phenoxy) is 2. The standard InChI is InChI=1S/C16H26N2O3/c1-4-8-20-14-7-6-12(9-13(17)5-2)15(10-14)21-11-16(19)18-3/h6-7,10,13H,4-5,8-9,11,17H2,1-3H3,(H,18,19). The smallest absolute Gasteiger partial charge is 0.257 e. The second kappa shape index (κ2) is 9.23. The highest BCUT2D eigenvalue weighted by molar-refractivity contribution is 5.77. The molecule has 0 saturated heterocycles. The van der Waals surface area contributed by atoms with E-state index in [-0.39, 0.29) is 18.6 Å². The molecule has 3 N–H and O–H groups in total. The summed E-state index contributed by atoms with van der Waals surface area (Å²) < 4.78 is 11.2. The second-order valence-electron chi connectivity index (χ2n) is 4.95. The fourth-order valence-corrected chi connectivity index (χ4v) is 1.79. The largest absolute Gasteiger partial charge is 0.493 e. The molecule has 0 spiro atoms. The monoisotopic (exact) mass is 294 g/mol. The molecule has 5 heteroatoms. The summed E-state index contributed by atoms with van der Waals surface area (Å²) in [5.41, 5.74) is 7.01. The van der Waals surface area contributed by atoms with Gasteiger partial charge in [-0.3, -0.25) is 4.79 Å². The van der Waals surface area contributed by atoms with E-state index in [1.807, 2.05) is 18.2 Å². The van der Waals surface area contributed by atoms with Crippen LogP contribution in [0.1, 0.15) is 32.3 Å². The number of rotatable bonds is 9. The molecule has 1 amide bonds. The van der Waals surface area contributed by atoms with Gasteiger partial charge in [0.1, 0.15) is 11.5 Å². The third-order valence-electron chi connectivity index (χ3n) is 3.16. The molecule has 0 heterocycles. The zero-order valence-electron chi connectivity index (χ0n) is 13.1. The van der Waals surface area contributed by atoms with Crippen molar-refractivity contribution in [3.63, 3.8) is 0 Å². The Morgan fingerprint density at radius 1 is 1.33 bits per heavy atom. The minimum Gasteiger partial charge on any atom is -0.493 e. The Morgan fingerprint density at radius 3 is 2.71 bits per heavy atom. The molecule has 0 aliphatic rings. The van der Waals surface area contributed by atoms with Crippen molar-refractivity contribution in [2.45, 2.75) is 39.2 Å². The predicted octanol–water partition coefficient (Wildman–Crippen LogP) is 1.88. The quantitative estimate of drug-likeness (QED) is 0.729. The summed E-state index contributed by atoms with van der Waals surface area (Å²) in [5, 5.41) is 2.54. The molecule has 0 aromatic heterocycles. The third kappa shape index (κ3) is 6.04. The van der Waals surface area contributed by atoms with Gasteiger partial charge in [0.2, 0.25) is 0 Å². The first-order valence-corrected chi connectivity index (χ1v) is 7.45. The van der Waals surface area contributed by atoms with Crippen molar-refractivity contribution in [2.24, 2.45) is 5.73 Å². The number of carbonyl (C=O) groups is 1. The van der Waals surface area contributed by atoms with Crippen molar-refractivity contribution in [3.8, 4) is 11.5 Å². The van der Waals surface area contributed by atoms with E-state index in [9.17, 15) is 4.79 Å². The average Bonchev–Trinajstić information content (AvgIpc) is 2.51. The highest BCUT2D eigenvalue weighted by Crippen LogP contribution is 2.26. The van der Waals surface area contributed by atoms with Gasteiger partial charge < -0.3 is 20.5 Å². The Hall–Kier alpha value is -1.75.